The smallest absolute Gasteiger partial charge is 0.335 e. The Morgan fingerprint density at radius 3 is 2.65 bits per heavy atom. The number of carboxylic acid groups (broad SMARTS) is 1. The van der Waals surface area contributed by atoms with Crippen LogP contribution in [0.25, 0.3) is 0 Å². The van der Waals surface area contributed by atoms with E-state index in [1.165, 1.54) is 12.1 Å². The van der Waals surface area contributed by atoms with E-state index in [-0.39, 0.29) is 23.5 Å². The monoisotopic (exact) mass is 282 g/mol. The van der Waals surface area contributed by atoms with Gasteiger partial charge in [0.1, 0.15) is 5.69 Å². The molecule has 7 heteroatoms. The van der Waals surface area contributed by atoms with Crippen molar-refractivity contribution in [3.63, 3.8) is 0 Å². The van der Waals surface area contributed by atoms with E-state index in [0.717, 1.165) is 12.5 Å². The topological polar surface area (TPSA) is 113 Å². The van der Waals surface area contributed by atoms with Gasteiger partial charge >= 0.3 is 5.97 Å². The van der Waals surface area contributed by atoms with E-state index in [2.05, 4.69) is 5.32 Å². The highest BCUT2D eigenvalue weighted by atomic mass is 16.6. The van der Waals surface area contributed by atoms with Crippen LogP contribution >= 0.6 is 0 Å². The van der Waals surface area contributed by atoms with Gasteiger partial charge in [-0.25, -0.2) is 4.79 Å². The predicted octanol–water partition coefficient (Wildman–Crippen LogP) is 2.26. The molecule has 1 rings (SSSR count). The third-order valence-corrected chi connectivity index (χ3v) is 2.89. The molecule has 0 saturated carbocycles. The number of benzene rings is 1. The lowest BCUT2D eigenvalue weighted by Crippen LogP contribution is -2.33. The van der Waals surface area contributed by atoms with Gasteiger partial charge in [-0.3, -0.25) is 10.1 Å². The molecule has 0 radical (unpaired) electrons. The number of aromatic carboxylic acids is 1. The van der Waals surface area contributed by atoms with Gasteiger partial charge in [-0.05, 0) is 25.5 Å². The lowest BCUT2D eigenvalue weighted by Gasteiger charge is -2.23. The van der Waals surface area contributed by atoms with Crippen molar-refractivity contribution in [2.75, 3.05) is 11.9 Å². The summed E-state index contributed by atoms with van der Waals surface area (Å²) in [5.74, 6) is -1.22. The second-order valence-electron chi connectivity index (χ2n) is 4.89. The summed E-state index contributed by atoms with van der Waals surface area (Å²) in [5, 5.41) is 32.6. The van der Waals surface area contributed by atoms with E-state index in [0.29, 0.717) is 6.42 Å². The van der Waals surface area contributed by atoms with Gasteiger partial charge in [-0.15, -0.1) is 0 Å². The molecule has 0 fully saturated rings. The molecule has 0 bridgehead atoms. The van der Waals surface area contributed by atoms with Crippen LogP contribution in [-0.4, -0.2) is 33.3 Å². The summed E-state index contributed by atoms with van der Waals surface area (Å²) in [5.41, 5.74) is -1.26. The Labute approximate surface area is 116 Å². The summed E-state index contributed by atoms with van der Waals surface area (Å²) in [6, 6.07) is 3.62. The Morgan fingerprint density at radius 2 is 2.15 bits per heavy atom. The second-order valence-corrected chi connectivity index (χ2v) is 4.89. The van der Waals surface area contributed by atoms with E-state index in [9.17, 15) is 20.0 Å². The highest BCUT2D eigenvalue weighted by Crippen LogP contribution is 2.26. The summed E-state index contributed by atoms with van der Waals surface area (Å²) < 4.78 is 0. The Kier molecular flexibility index (Phi) is 5.04. The predicted molar refractivity (Wildman–Crippen MR) is 74.1 cm³/mol. The fourth-order valence-electron chi connectivity index (χ4n) is 1.88. The fraction of sp³-hybridized carbons (Fsp3) is 0.462. The highest BCUT2D eigenvalue weighted by molar-refractivity contribution is 5.89. The SMILES string of the molecule is CCCC(C)(O)CNc1ccc(C(=O)O)cc1[N+](=O)[O-]. The first-order chi connectivity index (χ1) is 9.26. The third kappa shape index (κ3) is 4.20. The number of anilines is 1. The zero-order valence-electron chi connectivity index (χ0n) is 11.4. The number of rotatable bonds is 7. The molecule has 0 aliphatic carbocycles. The van der Waals surface area contributed by atoms with E-state index < -0.39 is 16.5 Å². The summed E-state index contributed by atoms with van der Waals surface area (Å²) in [4.78, 5) is 21.1. The first kappa shape index (κ1) is 15.9. The van der Waals surface area contributed by atoms with Crippen molar-refractivity contribution in [3.8, 4) is 0 Å². The van der Waals surface area contributed by atoms with Crippen LogP contribution in [0.4, 0.5) is 11.4 Å². The summed E-state index contributed by atoms with van der Waals surface area (Å²) in [7, 11) is 0. The van der Waals surface area contributed by atoms with E-state index in [4.69, 9.17) is 5.11 Å². The van der Waals surface area contributed by atoms with Crippen molar-refractivity contribution in [3.05, 3.63) is 33.9 Å². The average Bonchev–Trinajstić information content (AvgIpc) is 2.36. The molecule has 0 saturated heterocycles. The van der Waals surface area contributed by atoms with Gasteiger partial charge in [0.05, 0.1) is 16.1 Å². The first-order valence-corrected chi connectivity index (χ1v) is 6.25. The number of aliphatic hydroxyl groups is 1. The molecule has 1 atom stereocenters. The summed E-state index contributed by atoms with van der Waals surface area (Å²) in [6.07, 6.45) is 1.34. The maximum atomic E-state index is 11.0. The molecule has 1 unspecified atom stereocenters. The van der Waals surface area contributed by atoms with Crippen LogP contribution in [0, 0.1) is 10.1 Å². The van der Waals surface area contributed by atoms with Crippen molar-refractivity contribution in [1.82, 2.24) is 0 Å². The van der Waals surface area contributed by atoms with Crippen molar-refractivity contribution >= 4 is 17.3 Å². The van der Waals surface area contributed by atoms with Crippen LogP contribution in [-0.2, 0) is 0 Å². The molecule has 7 nitrogen and oxygen atoms in total. The van der Waals surface area contributed by atoms with Crippen molar-refractivity contribution in [1.29, 1.82) is 0 Å². The Morgan fingerprint density at radius 1 is 1.50 bits per heavy atom. The van der Waals surface area contributed by atoms with Crippen LogP contribution in [0.1, 0.15) is 37.0 Å². The van der Waals surface area contributed by atoms with Gasteiger partial charge in [0.25, 0.3) is 5.69 Å². The minimum absolute atomic E-state index is 0.147. The van der Waals surface area contributed by atoms with Crippen molar-refractivity contribution in [2.45, 2.75) is 32.3 Å². The largest absolute Gasteiger partial charge is 0.478 e. The van der Waals surface area contributed by atoms with Crippen molar-refractivity contribution < 1.29 is 19.9 Å². The number of nitro benzene ring substituents is 1. The maximum absolute atomic E-state index is 11.0. The molecule has 0 aromatic heterocycles. The molecule has 0 spiro atoms. The molecule has 110 valence electrons. The summed E-state index contributed by atoms with van der Waals surface area (Å²) in [6.45, 7) is 3.72. The number of nitrogens with zero attached hydrogens (tertiary/aromatic N) is 1. The molecule has 0 amide bonds. The number of nitro groups is 1. The minimum atomic E-state index is -1.22. The van der Waals surface area contributed by atoms with E-state index in [1.54, 1.807) is 6.92 Å². The average molecular weight is 282 g/mol. The number of carboxylic acids is 1. The number of hydrogen-bond donors (Lipinski definition) is 3. The molecule has 1 aromatic rings. The van der Waals surface area contributed by atoms with Crippen LogP contribution in [0.15, 0.2) is 18.2 Å². The summed E-state index contributed by atoms with van der Waals surface area (Å²) >= 11 is 0. The molecular weight excluding hydrogens is 264 g/mol. The number of nitrogens with one attached hydrogen (secondary N) is 1. The molecule has 1 aromatic carbocycles. The van der Waals surface area contributed by atoms with Gasteiger partial charge < -0.3 is 15.5 Å². The van der Waals surface area contributed by atoms with Crippen LogP contribution in [0.5, 0.6) is 0 Å². The Balaban J connectivity index is 2.95. The quantitative estimate of drug-likeness (QED) is 0.522. The van der Waals surface area contributed by atoms with Gasteiger partial charge in [0, 0.05) is 12.6 Å². The normalized spacial score (nSPS) is 13.6. The third-order valence-electron chi connectivity index (χ3n) is 2.89. The fourth-order valence-corrected chi connectivity index (χ4v) is 1.88. The first-order valence-electron chi connectivity index (χ1n) is 6.25. The van der Waals surface area contributed by atoms with Crippen molar-refractivity contribution in [2.24, 2.45) is 0 Å². The van der Waals surface area contributed by atoms with Gasteiger partial charge in [-0.2, -0.15) is 0 Å². The van der Waals surface area contributed by atoms with Crippen LogP contribution in [0.3, 0.4) is 0 Å². The van der Waals surface area contributed by atoms with E-state index >= 15 is 0 Å². The molecule has 20 heavy (non-hydrogen) atoms. The lowest BCUT2D eigenvalue weighted by atomic mass is 10.0. The van der Waals surface area contributed by atoms with Crippen LogP contribution < -0.4 is 5.32 Å². The molecular formula is C13H18N2O5. The number of carbonyl (C=O) groups is 1. The van der Waals surface area contributed by atoms with Gasteiger partial charge in [-0.1, -0.05) is 13.3 Å². The van der Waals surface area contributed by atoms with Gasteiger partial charge in [0.2, 0.25) is 0 Å². The lowest BCUT2D eigenvalue weighted by molar-refractivity contribution is -0.384. The number of hydrogen-bond acceptors (Lipinski definition) is 5. The Hall–Kier alpha value is -2.15. The Bertz CT molecular complexity index is 513. The highest BCUT2D eigenvalue weighted by Gasteiger charge is 2.22. The second kappa shape index (κ2) is 6.33. The molecule has 0 heterocycles. The molecule has 0 aliphatic rings. The zero-order valence-corrected chi connectivity index (χ0v) is 11.4. The maximum Gasteiger partial charge on any atom is 0.335 e. The van der Waals surface area contributed by atoms with E-state index in [1.807, 2.05) is 6.92 Å². The standard InChI is InChI=1S/C13H18N2O5/c1-3-6-13(2,18)8-14-10-5-4-9(12(16)17)7-11(10)15(19)20/h4-5,7,14,18H,3,6,8H2,1-2H3,(H,16,17). The molecule has 3 N–H and O–H groups in total. The van der Waals surface area contributed by atoms with Crippen LogP contribution in [0.2, 0.25) is 0 Å². The van der Waals surface area contributed by atoms with Gasteiger partial charge in [0.15, 0.2) is 0 Å². The zero-order chi connectivity index (χ0) is 15.3. The molecule has 0 aliphatic heterocycles. The minimum Gasteiger partial charge on any atom is -0.478 e.